The van der Waals surface area contributed by atoms with Crippen molar-refractivity contribution in [1.29, 1.82) is 0 Å². The highest BCUT2D eigenvalue weighted by Gasteiger charge is 2.18. The van der Waals surface area contributed by atoms with Crippen LogP contribution in [-0.4, -0.2) is 19.4 Å². The molecule has 0 radical (unpaired) electrons. The van der Waals surface area contributed by atoms with Crippen LogP contribution in [0.4, 0.5) is 11.4 Å². The fraction of sp³-hybridized carbons (Fsp3) is 0.0500. The van der Waals surface area contributed by atoms with E-state index in [4.69, 9.17) is 11.6 Å². The van der Waals surface area contributed by atoms with Gasteiger partial charge in [0.05, 0.1) is 16.3 Å². The number of phenols is 1. The molecule has 0 aliphatic rings. The first-order valence-corrected chi connectivity index (χ1v) is 10.1. The van der Waals surface area contributed by atoms with Gasteiger partial charge in [-0.2, -0.15) is 0 Å². The Morgan fingerprint density at radius 2 is 1.75 bits per heavy atom. The topological polar surface area (TPSA) is 95.5 Å². The molecule has 0 heterocycles. The average Bonchev–Trinajstić information content (AvgIpc) is 2.63. The van der Waals surface area contributed by atoms with Crippen molar-refractivity contribution < 1.29 is 18.3 Å². The van der Waals surface area contributed by atoms with Gasteiger partial charge in [0.15, 0.2) is 0 Å². The maximum atomic E-state index is 12.6. The SMILES string of the molecule is Cc1ccccc1C(=O)Nc1cc(S(=O)(=O)Nc2cccc(Cl)c2)ccc1O. The number of hydrogen-bond acceptors (Lipinski definition) is 4. The highest BCUT2D eigenvalue weighted by Crippen LogP contribution is 2.28. The van der Waals surface area contributed by atoms with Gasteiger partial charge >= 0.3 is 0 Å². The summed E-state index contributed by atoms with van der Waals surface area (Å²) >= 11 is 5.88. The van der Waals surface area contributed by atoms with Crippen LogP contribution in [0.3, 0.4) is 0 Å². The van der Waals surface area contributed by atoms with Crippen LogP contribution in [0.2, 0.25) is 5.02 Å². The molecule has 1 amide bonds. The van der Waals surface area contributed by atoms with Gasteiger partial charge in [-0.25, -0.2) is 8.42 Å². The van der Waals surface area contributed by atoms with Crippen LogP contribution in [0.1, 0.15) is 15.9 Å². The Balaban J connectivity index is 1.88. The minimum atomic E-state index is -3.95. The van der Waals surface area contributed by atoms with Crippen LogP contribution in [0.5, 0.6) is 5.75 Å². The van der Waals surface area contributed by atoms with Crippen molar-refractivity contribution in [2.45, 2.75) is 11.8 Å². The first kappa shape index (κ1) is 19.7. The molecule has 0 aliphatic heterocycles. The molecule has 0 saturated heterocycles. The van der Waals surface area contributed by atoms with Gasteiger partial charge in [-0.15, -0.1) is 0 Å². The number of aromatic hydroxyl groups is 1. The molecule has 28 heavy (non-hydrogen) atoms. The Bertz CT molecular complexity index is 1150. The first-order chi connectivity index (χ1) is 13.3. The van der Waals surface area contributed by atoms with E-state index in [9.17, 15) is 18.3 Å². The van der Waals surface area contributed by atoms with E-state index < -0.39 is 15.9 Å². The van der Waals surface area contributed by atoms with Gasteiger partial charge in [-0.05, 0) is 55.0 Å². The number of benzene rings is 3. The van der Waals surface area contributed by atoms with E-state index in [1.807, 2.05) is 0 Å². The van der Waals surface area contributed by atoms with Crippen LogP contribution < -0.4 is 10.0 Å². The molecule has 3 aromatic rings. The van der Waals surface area contributed by atoms with Crippen LogP contribution in [0, 0.1) is 6.92 Å². The zero-order valence-corrected chi connectivity index (χ0v) is 16.4. The summed E-state index contributed by atoms with van der Waals surface area (Å²) in [4.78, 5) is 12.4. The van der Waals surface area contributed by atoms with Gasteiger partial charge in [-0.1, -0.05) is 35.9 Å². The minimum absolute atomic E-state index is 0.0118. The number of hydrogen-bond donors (Lipinski definition) is 3. The third-order valence-electron chi connectivity index (χ3n) is 3.99. The van der Waals surface area contributed by atoms with Crippen molar-refractivity contribution in [1.82, 2.24) is 0 Å². The molecule has 0 aromatic heterocycles. The lowest BCUT2D eigenvalue weighted by Crippen LogP contribution is -2.16. The third kappa shape index (κ3) is 4.44. The second kappa shape index (κ2) is 7.92. The molecule has 0 saturated carbocycles. The van der Waals surface area contributed by atoms with Gasteiger partial charge in [0.1, 0.15) is 5.75 Å². The lowest BCUT2D eigenvalue weighted by molar-refractivity contribution is 0.102. The van der Waals surface area contributed by atoms with Gasteiger partial charge in [-0.3, -0.25) is 9.52 Å². The number of sulfonamides is 1. The minimum Gasteiger partial charge on any atom is -0.506 e. The van der Waals surface area contributed by atoms with Gasteiger partial charge in [0, 0.05) is 10.6 Å². The second-order valence-corrected chi connectivity index (χ2v) is 8.18. The molecule has 0 atom stereocenters. The predicted octanol–water partition coefficient (Wildman–Crippen LogP) is 4.41. The van der Waals surface area contributed by atoms with Gasteiger partial charge < -0.3 is 10.4 Å². The number of nitrogens with one attached hydrogen (secondary N) is 2. The van der Waals surface area contributed by atoms with Crippen molar-refractivity contribution in [3.63, 3.8) is 0 Å². The molecule has 3 aromatic carbocycles. The summed E-state index contributed by atoms with van der Waals surface area (Å²) < 4.78 is 27.7. The monoisotopic (exact) mass is 416 g/mol. The summed E-state index contributed by atoms with van der Waals surface area (Å²) in [5, 5.41) is 13.0. The smallest absolute Gasteiger partial charge is 0.261 e. The Hall–Kier alpha value is -3.03. The lowest BCUT2D eigenvalue weighted by Gasteiger charge is -2.12. The third-order valence-corrected chi connectivity index (χ3v) is 5.61. The number of halogens is 1. The quantitative estimate of drug-likeness (QED) is 0.537. The number of carbonyl (C=O) groups excluding carboxylic acids is 1. The summed E-state index contributed by atoms with van der Waals surface area (Å²) in [7, 11) is -3.95. The van der Waals surface area contributed by atoms with E-state index in [2.05, 4.69) is 10.0 Å². The summed E-state index contributed by atoms with van der Waals surface area (Å²) in [5.74, 6) is -0.700. The maximum Gasteiger partial charge on any atom is 0.261 e. The molecule has 8 heteroatoms. The standard InChI is InChI=1S/C20H17ClN2O4S/c1-13-5-2-3-8-17(13)20(25)22-18-12-16(9-10-19(18)24)28(26,27)23-15-7-4-6-14(21)11-15/h2-12,23-24H,1H3,(H,22,25). The molecule has 0 fully saturated rings. The van der Waals surface area contributed by atoms with Crippen LogP contribution >= 0.6 is 11.6 Å². The van der Waals surface area contributed by atoms with Crippen molar-refractivity contribution in [3.05, 3.63) is 82.9 Å². The Kier molecular flexibility index (Phi) is 5.58. The predicted molar refractivity (Wildman–Crippen MR) is 109 cm³/mol. The van der Waals surface area contributed by atoms with Crippen molar-refractivity contribution in [2.24, 2.45) is 0 Å². The Morgan fingerprint density at radius 3 is 2.46 bits per heavy atom. The van der Waals surface area contributed by atoms with E-state index in [0.717, 1.165) is 5.56 Å². The first-order valence-electron chi connectivity index (χ1n) is 8.25. The Morgan fingerprint density at radius 1 is 1.00 bits per heavy atom. The molecule has 0 unspecified atom stereocenters. The van der Waals surface area contributed by atoms with Gasteiger partial charge in [0.25, 0.3) is 15.9 Å². The summed E-state index contributed by atoms with van der Waals surface area (Å²) in [6.07, 6.45) is 0. The Labute approximate surface area is 167 Å². The summed E-state index contributed by atoms with van der Waals surface area (Å²) in [6.45, 7) is 1.78. The zero-order chi connectivity index (χ0) is 20.3. The largest absolute Gasteiger partial charge is 0.506 e. The van der Waals surface area contributed by atoms with E-state index in [1.165, 1.54) is 24.3 Å². The van der Waals surface area contributed by atoms with Crippen molar-refractivity contribution >= 4 is 38.9 Å². The number of carbonyl (C=O) groups is 1. The molecule has 3 N–H and O–H groups in total. The van der Waals surface area contributed by atoms with Crippen molar-refractivity contribution in [2.75, 3.05) is 10.0 Å². The fourth-order valence-electron chi connectivity index (χ4n) is 2.57. The van der Waals surface area contributed by atoms with Crippen molar-refractivity contribution in [3.8, 4) is 5.75 Å². The van der Waals surface area contributed by atoms with Crippen LogP contribution in [0.15, 0.2) is 71.6 Å². The second-order valence-electron chi connectivity index (χ2n) is 6.06. The lowest BCUT2D eigenvalue weighted by atomic mass is 10.1. The van der Waals surface area contributed by atoms with E-state index >= 15 is 0 Å². The maximum absolute atomic E-state index is 12.6. The van der Waals surface area contributed by atoms with E-state index in [-0.39, 0.29) is 16.3 Å². The number of rotatable bonds is 5. The molecule has 0 aliphatic carbocycles. The molecular formula is C20H17ClN2O4S. The number of aryl methyl sites for hydroxylation is 1. The highest BCUT2D eigenvalue weighted by molar-refractivity contribution is 7.92. The number of anilines is 2. The zero-order valence-electron chi connectivity index (χ0n) is 14.8. The fourth-order valence-corrected chi connectivity index (χ4v) is 3.83. The molecule has 144 valence electrons. The number of amides is 1. The molecular weight excluding hydrogens is 400 g/mol. The van der Waals surface area contributed by atoms with E-state index in [1.54, 1.807) is 49.4 Å². The normalized spacial score (nSPS) is 11.1. The summed E-state index contributed by atoms with van der Waals surface area (Å²) in [5.41, 5.74) is 1.46. The van der Waals surface area contributed by atoms with Crippen LogP contribution in [-0.2, 0) is 10.0 Å². The average molecular weight is 417 g/mol. The van der Waals surface area contributed by atoms with E-state index in [0.29, 0.717) is 16.3 Å². The highest BCUT2D eigenvalue weighted by atomic mass is 35.5. The molecule has 3 rings (SSSR count). The van der Waals surface area contributed by atoms with Crippen LogP contribution in [0.25, 0.3) is 0 Å². The molecule has 6 nitrogen and oxygen atoms in total. The van der Waals surface area contributed by atoms with Gasteiger partial charge in [0.2, 0.25) is 0 Å². The molecule has 0 spiro atoms. The summed E-state index contributed by atoms with van der Waals surface area (Å²) in [6, 6.07) is 16.9. The number of phenolic OH excluding ortho intramolecular Hbond substituents is 1. The molecule has 0 bridgehead atoms.